The summed E-state index contributed by atoms with van der Waals surface area (Å²) < 4.78 is 0. The number of Topliss-reactive ketones (excluding diaryl/α,β-unsaturated/α-hetero) is 1. The van der Waals surface area contributed by atoms with Gasteiger partial charge in [0.2, 0.25) is 0 Å². The van der Waals surface area contributed by atoms with Crippen LogP contribution >= 0.6 is 0 Å². The third-order valence-electron chi connectivity index (χ3n) is 3.73. The van der Waals surface area contributed by atoms with Crippen molar-refractivity contribution in [1.82, 2.24) is 0 Å². The number of aromatic hydroxyl groups is 2. The predicted molar refractivity (Wildman–Crippen MR) is 70.4 cm³/mol. The van der Waals surface area contributed by atoms with Crippen LogP contribution in [-0.4, -0.2) is 16.0 Å². The van der Waals surface area contributed by atoms with Crippen molar-refractivity contribution in [1.29, 1.82) is 0 Å². The van der Waals surface area contributed by atoms with Crippen LogP contribution in [0.4, 0.5) is 0 Å². The molecule has 1 aromatic carbocycles. The number of fused-ring (bicyclic) bond motifs is 1. The third kappa shape index (κ3) is 1.98. The lowest BCUT2D eigenvalue weighted by atomic mass is 9.83. The molecule has 0 spiro atoms. The van der Waals surface area contributed by atoms with Crippen molar-refractivity contribution in [2.75, 3.05) is 0 Å². The lowest BCUT2D eigenvalue weighted by Gasteiger charge is -2.23. The average Bonchev–Trinajstić information content (AvgIpc) is 2.34. The van der Waals surface area contributed by atoms with Crippen molar-refractivity contribution in [2.45, 2.75) is 52.4 Å². The van der Waals surface area contributed by atoms with Crippen LogP contribution < -0.4 is 0 Å². The molecule has 3 heteroatoms. The molecule has 0 amide bonds. The first-order chi connectivity index (χ1) is 8.57. The molecule has 0 bridgehead atoms. The van der Waals surface area contributed by atoms with Gasteiger partial charge in [-0.2, -0.15) is 0 Å². The maximum absolute atomic E-state index is 11.6. The molecule has 98 valence electrons. The molecule has 1 aromatic rings. The minimum Gasteiger partial charge on any atom is -0.507 e. The smallest absolute Gasteiger partial charge is 0.167 e. The van der Waals surface area contributed by atoms with E-state index in [-0.39, 0.29) is 22.8 Å². The van der Waals surface area contributed by atoms with Crippen molar-refractivity contribution in [3.63, 3.8) is 0 Å². The van der Waals surface area contributed by atoms with E-state index in [1.807, 2.05) is 0 Å². The van der Waals surface area contributed by atoms with E-state index in [0.717, 1.165) is 55.2 Å². The Bertz CT molecular complexity index is 489. The minimum atomic E-state index is -0.268. The van der Waals surface area contributed by atoms with Crippen LogP contribution in [0.1, 0.15) is 60.2 Å². The zero-order chi connectivity index (χ0) is 13.3. The van der Waals surface area contributed by atoms with Crippen LogP contribution in [0.15, 0.2) is 0 Å². The second kappa shape index (κ2) is 5.01. The lowest BCUT2D eigenvalue weighted by molar-refractivity contribution is 0.101. The normalized spacial score (nSPS) is 14.3. The molecule has 0 radical (unpaired) electrons. The first kappa shape index (κ1) is 12.9. The first-order valence-electron chi connectivity index (χ1n) is 6.67. The summed E-state index contributed by atoms with van der Waals surface area (Å²) in [6.45, 7) is 3.44. The van der Waals surface area contributed by atoms with E-state index >= 15 is 0 Å². The summed E-state index contributed by atoms with van der Waals surface area (Å²) in [7, 11) is 0. The molecule has 0 unspecified atom stereocenters. The number of hydrogen-bond donors (Lipinski definition) is 2. The molecule has 0 saturated carbocycles. The van der Waals surface area contributed by atoms with E-state index in [4.69, 9.17) is 0 Å². The largest absolute Gasteiger partial charge is 0.507 e. The highest BCUT2D eigenvalue weighted by Gasteiger charge is 2.26. The minimum absolute atomic E-state index is 0.00231. The zero-order valence-corrected chi connectivity index (χ0v) is 11.0. The highest BCUT2D eigenvalue weighted by molar-refractivity contribution is 6.00. The molecular weight excluding hydrogens is 228 g/mol. The van der Waals surface area contributed by atoms with Crippen molar-refractivity contribution < 1.29 is 15.0 Å². The Labute approximate surface area is 107 Å². The van der Waals surface area contributed by atoms with Crippen molar-refractivity contribution in [3.8, 4) is 11.5 Å². The Kier molecular flexibility index (Phi) is 3.60. The van der Waals surface area contributed by atoms with Gasteiger partial charge < -0.3 is 10.2 Å². The fourth-order valence-corrected chi connectivity index (χ4v) is 2.91. The fraction of sp³-hybridized carbons (Fsp3) is 0.533. The van der Waals surface area contributed by atoms with Crippen LogP contribution in [0.2, 0.25) is 0 Å². The van der Waals surface area contributed by atoms with Crippen molar-refractivity contribution in [3.05, 3.63) is 22.3 Å². The first-order valence-corrected chi connectivity index (χ1v) is 6.67. The van der Waals surface area contributed by atoms with Crippen molar-refractivity contribution in [2.24, 2.45) is 0 Å². The number of phenols is 2. The highest BCUT2D eigenvalue weighted by Crippen LogP contribution is 2.41. The molecule has 1 aliphatic carbocycles. The molecule has 0 aliphatic heterocycles. The standard InChI is InChI=1S/C15H20O3/c1-3-6-11-10-7-4-5-8-12(10)15(18)13(9(2)16)14(11)17/h17-18H,3-8H2,1-2H3. The van der Waals surface area contributed by atoms with Gasteiger partial charge in [-0.15, -0.1) is 0 Å². The third-order valence-corrected chi connectivity index (χ3v) is 3.73. The number of phenolic OH excluding ortho intramolecular Hbond substituents is 2. The molecule has 0 aromatic heterocycles. The summed E-state index contributed by atoms with van der Waals surface area (Å²) in [5, 5.41) is 20.4. The van der Waals surface area contributed by atoms with Gasteiger partial charge in [0.1, 0.15) is 17.1 Å². The highest BCUT2D eigenvalue weighted by atomic mass is 16.3. The molecule has 0 heterocycles. The quantitative estimate of drug-likeness (QED) is 0.808. The SMILES string of the molecule is CCCc1c(O)c(C(C)=O)c(O)c2c1CCCC2. The molecule has 0 atom stereocenters. The van der Waals surface area contributed by atoms with Crippen LogP contribution in [-0.2, 0) is 19.3 Å². The molecule has 0 fully saturated rings. The zero-order valence-electron chi connectivity index (χ0n) is 11.0. The predicted octanol–water partition coefficient (Wildman–Crippen LogP) is 3.13. The number of rotatable bonds is 3. The number of ketones is 1. The van der Waals surface area contributed by atoms with Crippen molar-refractivity contribution >= 4 is 5.78 Å². The summed E-state index contributed by atoms with van der Waals surface area (Å²) in [5.74, 6) is -0.257. The van der Waals surface area contributed by atoms with E-state index in [1.54, 1.807) is 0 Å². The van der Waals surface area contributed by atoms with Gasteiger partial charge in [0.05, 0.1) is 0 Å². The van der Waals surface area contributed by atoms with Gasteiger partial charge in [-0.05, 0) is 55.7 Å². The molecular formula is C15H20O3. The summed E-state index contributed by atoms with van der Waals surface area (Å²) in [6, 6.07) is 0. The van der Waals surface area contributed by atoms with Gasteiger partial charge >= 0.3 is 0 Å². The van der Waals surface area contributed by atoms with Crippen LogP contribution in [0.25, 0.3) is 0 Å². The topological polar surface area (TPSA) is 57.5 Å². The van der Waals surface area contributed by atoms with Gasteiger partial charge in [0.25, 0.3) is 0 Å². The van der Waals surface area contributed by atoms with Crippen LogP contribution in [0.5, 0.6) is 11.5 Å². The maximum atomic E-state index is 11.6. The number of carbonyl (C=O) groups excluding carboxylic acids is 1. The number of benzene rings is 1. The molecule has 1 aliphatic rings. The maximum Gasteiger partial charge on any atom is 0.167 e. The Balaban J connectivity index is 2.71. The van der Waals surface area contributed by atoms with E-state index in [0.29, 0.717) is 0 Å². The number of hydrogen-bond acceptors (Lipinski definition) is 3. The Morgan fingerprint density at radius 2 is 1.72 bits per heavy atom. The Morgan fingerprint density at radius 3 is 2.28 bits per heavy atom. The van der Waals surface area contributed by atoms with Gasteiger partial charge in [-0.3, -0.25) is 4.79 Å². The summed E-state index contributed by atoms with van der Waals surface area (Å²) in [4.78, 5) is 11.6. The Hall–Kier alpha value is -1.51. The molecule has 2 N–H and O–H groups in total. The van der Waals surface area contributed by atoms with Gasteiger partial charge in [0.15, 0.2) is 5.78 Å². The molecule has 3 nitrogen and oxygen atoms in total. The van der Waals surface area contributed by atoms with E-state index in [9.17, 15) is 15.0 Å². The monoisotopic (exact) mass is 248 g/mol. The average molecular weight is 248 g/mol. The fourth-order valence-electron chi connectivity index (χ4n) is 2.91. The van der Waals surface area contributed by atoms with Crippen LogP contribution in [0, 0.1) is 0 Å². The van der Waals surface area contributed by atoms with E-state index in [2.05, 4.69) is 6.92 Å². The van der Waals surface area contributed by atoms with Crippen LogP contribution in [0.3, 0.4) is 0 Å². The Morgan fingerprint density at radius 1 is 1.11 bits per heavy atom. The second-order valence-electron chi connectivity index (χ2n) is 5.02. The second-order valence-corrected chi connectivity index (χ2v) is 5.02. The summed E-state index contributed by atoms with van der Waals surface area (Å²) in [5.41, 5.74) is 2.94. The van der Waals surface area contributed by atoms with Gasteiger partial charge in [-0.25, -0.2) is 0 Å². The summed E-state index contributed by atoms with van der Waals surface area (Å²) in [6.07, 6.45) is 5.50. The molecule has 2 rings (SSSR count). The number of carbonyl (C=O) groups is 1. The van der Waals surface area contributed by atoms with E-state index in [1.165, 1.54) is 6.92 Å². The molecule has 0 saturated heterocycles. The lowest BCUT2D eigenvalue weighted by Crippen LogP contribution is -2.11. The molecule has 18 heavy (non-hydrogen) atoms. The van der Waals surface area contributed by atoms with Gasteiger partial charge in [-0.1, -0.05) is 13.3 Å². The summed E-state index contributed by atoms with van der Waals surface area (Å²) >= 11 is 0. The van der Waals surface area contributed by atoms with Gasteiger partial charge in [0, 0.05) is 0 Å². The van der Waals surface area contributed by atoms with E-state index < -0.39 is 0 Å².